The summed E-state index contributed by atoms with van der Waals surface area (Å²) in [6.07, 6.45) is 4.14. The highest BCUT2D eigenvalue weighted by Gasteiger charge is 2.35. The maximum absolute atomic E-state index is 12.7. The number of amides is 2. The van der Waals surface area contributed by atoms with E-state index in [1.165, 1.54) is 0 Å². The number of rotatable bonds is 8. The molecule has 3 aliphatic rings. The number of nitrogens with one attached hydrogen (secondary N) is 4. The van der Waals surface area contributed by atoms with Gasteiger partial charge in [-0.25, -0.2) is 4.79 Å². The minimum atomic E-state index is -0.308. The van der Waals surface area contributed by atoms with E-state index < -0.39 is 0 Å². The Morgan fingerprint density at radius 1 is 1.24 bits per heavy atom. The molecule has 182 valence electrons. The smallest absolute Gasteiger partial charge is 0.327 e. The molecule has 4 rings (SSSR count). The maximum atomic E-state index is 12.7. The highest BCUT2D eigenvalue weighted by molar-refractivity contribution is 5.96. The number of anilines is 1. The van der Waals surface area contributed by atoms with E-state index in [9.17, 15) is 4.79 Å². The summed E-state index contributed by atoms with van der Waals surface area (Å²) < 4.78 is 5.86. The van der Waals surface area contributed by atoms with E-state index in [0.29, 0.717) is 32.8 Å². The number of nitrogens with two attached hydrogens (primary N) is 3. The highest BCUT2D eigenvalue weighted by Crippen LogP contribution is 2.27. The van der Waals surface area contributed by atoms with Crippen LogP contribution in [0.1, 0.15) is 12.0 Å². The predicted octanol–water partition coefficient (Wildman–Crippen LogP) is -0.739. The Morgan fingerprint density at radius 2 is 2.03 bits per heavy atom. The zero-order valence-corrected chi connectivity index (χ0v) is 19.0. The van der Waals surface area contributed by atoms with Crippen molar-refractivity contribution in [3.63, 3.8) is 0 Å². The molecule has 3 aliphatic heterocycles. The van der Waals surface area contributed by atoms with E-state index in [1.807, 2.05) is 36.5 Å². The molecule has 0 spiro atoms. The summed E-state index contributed by atoms with van der Waals surface area (Å²) >= 11 is 0. The molecule has 3 heterocycles. The minimum Gasteiger partial charge on any atom is -0.370 e. The molecule has 0 bridgehead atoms. The normalized spacial score (nSPS) is 21.7. The van der Waals surface area contributed by atoms with Crippen LogP contribution in [0.5, 0.6) is 0 Å². The van der Waals surface area contributed by atoms with E-state index >= 15 is 0 Å². The van der Waals surface area contributed by atoms with Crippen LogP contribution in [0.15, 0.2) is 52.8 Å². The number of hydrogen-bond acceptors (Lipinski definition) is 6. The molecule has 12 nitrogen and oxygen atoms in total. The Kier molecular flexibility index (Phi) is 7.18. The fourth-order valence-corrected chi connectivity index (χ4v) is 4.04. The molecule has 0 aromatic heterocycles. The Morgan fingerprint density at radius 3 is 2.76 bits per heavy atom. The molecule has 1 saturated heterocycles. The van der Waals surface area contributed by atoms with Gasteiger partial charge in [-0.2, -0.15) is 0 Å². The molecule has 10 N–H and O–H groups in total. The number of ether oxygens (including phenoxy) is 1. The van der Waals surface area contributed by atoms with Crippen LogP contribution in [0.3, 0.4) is 0 Å². The molecular weight excluding hydrogens is 436 g/mol. The molecule has 1 aromatic rings. The predicted molar refractivity (Wildman–Crippen MR) is 131 cm³/mol. The van der Waals surface area contributed by atoms with Crippen molar-refractivity contribution in [2.24, 2.45) is 22.2 Å². The van der Waals surface area contributed by atoms with E-state index in [2.05, 4.69) is 20.9 Å². The van der Waals surface area contributed by atoms with Gasteiger partial charge < -0.3 is 42.8 Å². The van der Waals surface area contributed by atoms with E-state index in [4.69, 9.17) is 27.3 Å². The molecule has 2 unspecified atom stereocenters. The van der Waals surface area contributed by atoms with Gasteiger partial charge in [-0.3, -0.25) is 15.3 Å². The number of aliphatic imine (C=N–C) groups is 1. The number of urea groups is 1. The van der Waals surface area contributed by atoms with Crippen molar-refractivity contribution in [2.45, 2.75) is 25.2 Å². The van der Waals surface area contributed by atoms with Crippen molar-refractivity contribution in [1.29, 1.82) is 5.41 Å². The second kappa shape index (κ2) is 10.4. The number of carbonyl (C=O) groups excluding carboxylic acids is 1. The lowest BCUT2D eigenvalue weighted by Gasteiger charge is -2.34. The van der Waals surface area contributed by atoms with Crippen LogP contribution in [0.25, 0.3) is 0 Å². The Labute approximate surface area is 198 Å². The summed E-state index contributed by atoms with van der Waals surface area (Å²) in [5.41, 5.74) is 20.0. The molecule has 1 aromatic carbocycles. The number of benzene rings is 1. The number of nitrogens with zero attached hydrogens (tertiary/aromatic N) is 3. The Hall–Kier alpha value is -3.77. The number of carbonyl (C=O) groups is 1. The van der Waals surface area contributed by atoms with Gasteiger partial charge in [-0.1, -0.05) is 12.1 Å². The largest absolute Gasteiger partial charge is 0.370 e. The van der Waals surface area contributed by atoms with Gasteiger partial charge in [0.05, 0.1) is 18.8 Å². The van der Waals surface area contributed by atoms with Gasteiger partial charge in [-0.15, -0.1) is 0 Å². The molecule has 0 saturated carbocycles. The van der Waals surface area contributed by atoms with Crippen LogP contribution in [0, 0.1) is 5.41 Å². The summed E-state index contributed by atoms with van der Waals surface area (Å²) in [5, 5.41) is 17.3. The van der Waals surface area contributed by atoms with Crippen molar-refractivity contribution < 1.29 is 9.53 Å². The first-order chi connectivity index (χ1) is 16.4. The van der Waals surface area contributed by atoms with Crippen LogP contribution >= 0.6 is 0 Å². The third-order valence-corrected chi connectivity index (χ3v) is 5.83. The molecule has 0 radical (unpaired) electrons. The SMILES string of the molecule is N=C(N)N1CCOC(C2=CC3=CN(c4ccc(CNCCCN=C(N)N)cc4)C(=O)NC3N2)C1. The number of guanidine groups is 2. The van der Waals surface area contributed by atoms with Gasteiger partial charge in [0.1, 0.15) is 12.3 Å². The molecule has 34 heavy (non-hydrogen) atoms. The first-order valence-electron chi connectivity index (χ1n) is 11.3. The zero-order valence-electron chi connectivity index (χ0n) is 19.0. The summed E-state index contributed by atoms with van der Waals surface area (Å²) in [5.74, 6) is 0.147. The van der Waals surface area contributed by atoms with Crippen molar-refractivity contribution in [3.8, 4) is 0 Å². The average Bonchev–Trinajstić information content (AvgIpc) is 3.24. The van der Waals surface area contributed by atoms with Gasteiger partial charge >= 0.3 is 6.03 Å². The first-order valence-corrected chi connectivity index (χ1v) is 11.3. The van der Waals surface area contributed by atoms with Gasteiger partial charge in [0.25, 0.3) is 0 Å². The Balaban J connectivity index is 1.36. The van der Waals surface area contributed by atoms with E-state index in [0.717, 1.165) is 35.5 Å². The second-order valence-electron chi connectivity index (χ2n) is 8.32. The van der Waals surface area contributed by atoms with Crippen LogP contribution in [-0.2, 0) is 11.3 Å². The van der Waals surface area contributed by atoms with Crippen LogP contribution in [0.4, 0.5) is 10.5 Å². The molecule has 0 aliphatic carbocycles. The third-order valence-electron chi connectivity index (χ3n) is 5.83. The van der Waals surface area contributed by atoms with E-state index in [1.54, 1.807) is 9.80 Å². The van der Waals surface area contributed by atoms with Gasteiger partial charge in [0.15, 0.2) is 11.9 Å². The highest BCUT2D eigenvalue weighted by atomic mass is 16.5. The fraction of sp³-hybridized carbons (Fsp3) is 0.409. The number of fused-ring (bicyclic) bond motifs is 1. The maximum Gasteiger partial charge on any atom is 0.327 e. The van der Waals surface area contributed by atoms with E-state index in [-0.39, 0.29) is 30.2 Å². The van der Waals surface area contributed by atoms with Gasteiger partial charge in [0, 0.05) is 37.1 Å². The summed E-state index contributed by atoms with van der Waals surface area (Å²) in [4.78, 5) is 20.1. The molecule has 12 heteroatoms. The van der Waals surface area contributed by atoms with Crippen LogP contribution in [0.2, 0.25) is 0 Å². The number of morpholine rings is 1. The standard InChI is InChI=1S/C22H32N10O2/c23-20(24)28-7-1-6-27-11-14-2-4-16(5-3-14)32-12-15-10-17(29-19(15)30-22(32)33)18-13-31(21(25)26)8-9-34-18/h2-5,10,12,18-19,27,29H,1,6-9,11,13H2,(H3,25,26)(H,30,33)(H4,23,24,28). The lowest BCUT2D eigenvalue weighted by atomic mass is 10.1. The lowest BCUT2D eigenvalue weighted by molar-refractivity contribution is 0.0117. The number of hydrogen-bond donors (Lipinski definition) is 7. The molecule has 2 atom stereocenters. The second-order valence-corrected chi connectivity index (χ2v) is 8.32. The first kappa shape index (κ1) is 23.4. The topological polar surface area (TPSA) is 183 Å². The van der Waals surface area contributed by atoms with Crippen LogP contribution < -0.4 is 38.1 Å². The molecule has 2 amide bonds. The van der Waals surface area contributed by atoms with Crippen molar-refractivity contribution in [1.82, 2.24) is 20.9 Å². The van der Waals surface area contributed by atoms with Gasteiger partial charge in [0.2, 0.25) is 0 Å². The Bertz CT molecular complexity index is 999. The monoisotopic (exact) mass is 468 g/mol. The molecule has 1 fully saturated rings. The lowest BCUT2D eigenvalue weighted by Crippen LogP contribution is -2.54. The summed E-state index contributed by atoms with van der Waals surface area (Å²) in [7, 11) is 0. The fourth-order valence-electron chi connectivity index (χ4n) is 4.04. The third kappa shape index (κ3) is 5.58. The quantitative estimate of drug-likeness (QED) is 0.148. The van der Waals surface area contributed by atoms with Crippen molar-refractivity contribution in [2.75, 3.05) is 37.7 Å². The van der Waals surface area contributed by atoms with Crippen molar-refractivity contribution >= 4 is 23.6 Å². The van der Waals surface area contributed by atoms with Crippen molar-refractivity contribution in [3.05, 3.63) is 53.4 Å². The summed E-state index contributed by atoms with van der Waals surface area (Å²) in [6.45, 7) is 3.70. The average molecular weight is 469 g/mol. The molecular formula is C22H32N10O2. The van der Waals surface area contributed by atoms with Crippen LogP contribution in [-0.4, -0.2) is 67.9 Å². The minimum absolute atomic E-state index is 0.0348. The summed E-state index contributed by atoms with van der Waals surface area (Å²) in [6, 6.07) is 7.63. The zero-order chi connectivity index (χ0) is 24.1. The van der Waals surface area contributed by atoms with Gasteiger partial charge in [-0.05, 0) is 36.7 Å².